The fraction of sp³-hybridized carbons (Fsp3) is 1.00. The van der Waals surface area contributed by atoms with Crippen LogP contribution in [0.25, 0.3) is 0 Å². The van der Waals surface area contributed by atoms with Gasteiger partial charge in [0.2, 0.25) is 0 Å². The van der Waals surface area contributed by atoms with Crippen LogP contribution in [-0.4, -0.2) is 36.7 Å². The summed E-state index contributed by atoms with van der Waals surface area (Å²) in [7, 11) is 2.24. The lowest BCUT2D eigenvalue weighted by Crippen LogP contribution is -2.37. The van der Waals surface area contributed by atoms with E-state index in [1.54, 1.807) is 0 Å². The van der Waals surface area contributed by atoms with Gasteiger partial charge in [-0.2, -0.15) is 0 Å². The van der Waals surface area contributed by atoms with E-state index in [9.17, 15) is 0 Å². The summed E-state index contributed by atoms with van der Waals surface area (Å²) < 4.78 is 5.75. The summed E-state index contributed by atoms with van der Waals surface area (Å²) in [6.07, 6.45) is 5.30. The molecule has 84 valence electrons. The molecule has 0 unspecified atom stereocenters. The average molecular weight is 199 g/mol. The molecule has 1 atom stereocenters. The molecule has 1 fully saturated rings. The second-order valence-electron chi connectivity index (χ2n) is 5.38. The third-order valence-corrected chi connectivity index (χ3v) is 2.91. The molecule has 0 radical (unpaired) electrons. The van der Waals surface area contributed by atoms with Gasteiger partial charge in [-0.15, -0.1) is 0 Å². The van der Waals surface area contributed by atoms with Crippen LogP contribution < -0.4 is 0 Å². The maximum absolute atomic E-state index is 5.75. The predicted molar refractivity (Wildman–Crippen MR) is 60.6 cm³/mol. The number of likely N-dealkylation sites (tertiary alicyclic amines) is 1. The van der Waals surface area contributed by atoms with Gasteiger partial charge in [0.25, 0.3) is 0 Å². The first-order valence-corrected chi connectivity index (χ1v) is 5.83. The van der Waals surface area contributed by atoms with Crippen LogP contribution >= 0.6 is 0 Å². The standard InChI is InChI=1S/C12H25NO/c1-12(2,3)14-10-8-11-7-5-6-9-13(11)4/h11H,5-10H2,1-4H3/t11-/m1/s1. The molecule has 1 aliphatic rings. The highest BCUT2D eigenvalue weighted by Crippen LogP contribution is 2.18. The Morgan fingerprint density at radius 1 is 1.29 bits per heavy atom. The van der Waals surface area contributed by atoms with Crippen molar-refractivity contribution in [3.63, 3.8) is 0 Å². The molecule has 1 rings (SSSR count). The van der Waals surface area contributed by atoms with Crippen molar-refractivity contribution < 1.29 is 4.74 Å². The van der Waals surface area contributed by atoms with E-state index in [1.807, 2.05) is 0 Å². The maximum atomic E-state index is 5.75. The van der Waals surface area contributed by atoms with Crippen molar-refractivity contribution in [1.82, 2.24) is 4.90 Å². The largest absolute Gasteiger partial charge is 0.376 e. The summed E-state index contributed by atoms with van der Waals surface area (Å²) in [4.78, 5) is 2.48. The molecule has 2 heteroatoms. The van der Waals surface area contributed by atoms with E-state index in [2.05, 4.69) is 32.7 Å². The maximum Gasteiger partial charge on any atom is 0.0598 e. The van der Waals surface area contributed by atoms with Gasteiger partial charge in [-0.1, -0.05) is 6.42 Å². The van der Waals surface area contributed by atoms with Gasteiger partial charge in [0.15, 0.2) is 0 Å². The van der Waals surface area contributed by atoms with Crippen molar-refractivity contribution in [1.29, 1.82) is 0 Å². The van der Waals surface area contributed by atoms with Gasteiger partial charge < -0.3 is 9.64 Å². The van der Waals surface area contributed by atoms with E-state index in [1.165, 1.54) is 32.2 Å². The SMILES string of the molecule is CN1CCCC[C@@H]1CCOC(C)(C)C. The van der Waals surface area contributed by atoms with Crippen molar-refractivity contribution in [3.05, 3.63) is 0 Å². The van der Waals surface area contributed by atoms with Crippen molar-refractivity contribution >= 4 is 0 Å². The second kappa shape index (κ2) is 5.13. The Balaban J connectivity index is 2.17. The Morgan fingerprint density at radius 3 is 2.57 bits per heavy atom. The lowest BCUT2D eigenvalue weighted by molar-refractivity contribution is -0.0146. The molecule has 1 saturated heterocycles. The summed E-state index contributed by atoms with van der Waals surface area (Å²) in [5.41, 5.74) is 0.0211. The molecule has 0 aromatic rings. The molecule has 0 aromatic carbocycles. The van der Waals surface area contributed by atoms with Crippen LogP contribution in [0.4, 0.5) is 0 Å². The summed E-state index contributed by atoms with van der Waals surface area (Å²) in [5, 5.41) is 0. The first-order chi connectivity index (χ1) is 6.49. The highest BCUT2D eigenvalue weighted by atomic mass is 16.5. The van der Waals surface area contributed by atoms with Gasteiger partial charge in [-0.3, -0.25) is 0 Å². The lowest BCUT2D eigenvalue weighted by atomic mass is 10.0. The molecule has 1 aliphatic heterocycles. The Morgan fingerprint density at radius 2 is 2.00 bits per heavy atom. The molecular formula is C12H25NO. The van der Waals surface area contributed by atoms with Gasteiger partial charge in [-0.05, 0) is 53.6 Å². The molecule has 0 spiro atoms. The van der Waals surface area contributed by atoms with Crippen molar-refractivity contribution in [3.8, 4) is 0 Å². The van der Waals surface area contributed by atoms with Crippen LogP contribution in [0.1, 0.15) is 46.5 Å². The Bertz CT molecular complexity index is 162. The topological polar surface area (TPSA) is 12.5 Å². The number of ether oxygens (including phenoxy) is 1. The van der Waals surface area contributed by atoms with Crippen LogP contribution in [0.3, 0.4) is 0 Å². The molecule has 0 bridgehead atoms. The number of piperidine rings is 1. The first-order valence-electron chi connectivity index (χ1n) is 5.83. The molecule has 0 saturated carbocycles. The van der Waals surface area contributed by atoms with E-state index in [0.29, 0.717) is 0 Å². The first kappa shape index (κ1) is 12.0. The molecule has 14 heavy (non-hydrogen) atoms. The Kier molecular flexibility index (Phi) is 4.39. The molecule has 1 heterocycles. The molecule has 0 aliphatic carbocycles. The highest BCUT2D eigenvalue weighted by molar-refractivity contribution is 4.74. The predicted octanol–water partition coefficient (Wildman–Crippen LogP) is 2.68. The fourth-order valence-corrected chi connectivity index (χ4v) is 2.01. The van der Waals surface area contributed by atoms with Gasteiger partial charge >= 0.3 is 0 Å². The van der Waals surface area contributed by atoms with Crippen LogP contribution in [0, 0.1) is 0 Å². The van der Waals surface area contributed by atoms with E-state index in [4.69, 9.17) is 4.74 Å². The van der Waals surface area contributed by atoms with Crippen LogP contribution in [0.2, 0.25) is 0 Å². The normalized spacial score (nSPS) is 25.3. The van der Waals surface area contributed by atoms with Crippen LogP contribution in [-0.2, 0) is 4.74 Å². The molecular weight excluding hydrogens is 174 g/mol. The third kappa shape index (κ3) is 4.43. The quantitative estimate of drug-likeness (QED) is 0.693. The van der Waals surface area contributed by atoms with E-state index < -0.39 is 0 Å². The summed E-state index contributed by atoms with van der Waals surface area (Å²) in [6, 6.07) is 0.756. The molecule has 2 nitrogen and oxygen atoms in total. The molecule has 0 N–H and O–H groups in total. The van der Waals surface area contributed by atoms with Gasteiger partial charge in [0, 0.05) is 12.6 Å². The second-order valence-corrected chi connectivity index (χ2v) is 5.38. The van der Waals surface area contributed by atoms with E-state index in [-0.39, 0.29) is 5.60 Å². The van der Waals surface area contributed by atoms with E-state index in [0.717, 1.165) is 12.6 Å². The van der Waals surface area contributed by atoms with Crippen molar-refractivity contribution in [2.45, 2.75) is 58.1 Å². The Hall–Kier alpha value is -0.0800. The summed E-state index contributed by atoms with van der Waals surface area (Å²) in [6.45, 7) is 8.53. The zero-order valence-corrected chi connectivity index (χ0v) is 10.2. The summed E-state index contributed by atoms with van der Waals surface area (Å²) >= 11 is 0. The van der Waals surface area contributed by atoms with Crippen molar-refractivity contribution in [2.24, 2.45) is 0 Å². The minimum atomic E-state index is 0.0211. The zero-order chi connectivity index (χ0) is 10.6. The number of hydrogen-bond donors (Lipinski definition) is 0. The highest BCUT2D eigenvalue weighted by Gasteiger charge is 2.19. The monoisotopic (exact) mass is 199 g/mol. The van der Waals surface area contributed by atoms with Crippen molar-refractivity contribution in [2.75, 3.05) is 20.2 Å². The fourth-order valence-electron chi connectivity index (χ4n) is 2.01. The smallest absolute Gasteiger partial charge is 0.0598 e. The Labute approximate surface area is 88.6 Å². The van der Waals surface area contributed by atoms with Crippen LogP contribution in [0.15, 0.2) is 0 Å². The molecule has 0 amide bonds. The van der Waals surface area contributed by atoms with Gasteiger partial charge in [0.05, 0.1) is 5.60 Å². The minimum Gasteiger partial charge on any atom is -0.376 e. The van der Waals surface area contributed by atoms with Gasteiger partial charge in [0.1, 0.15) is 0 Å². The average Bonchev–Trinajstić information content (AvgIpc) is 2.06. The zero-order valence-electron chi connectivity index (χ0n) is 10.2. The number of rotatable bonds is 3. The number of hydrogen-bond acceptors (Lipinski definition) is 2. The summed E-state index contributed by atoms with van der Waals surface area (Å²) in [5.74, 6) is 0. The lowest BCUT2D eigenvalue weighted by Gasteiger charge is -2.33. The van der Waals surface area contributed by atoms with Crippen LogP contribution in [0.5, 0.6) is 0 Å². The molecule has 0 aromatic heterocycles. The minimum absolute atomic E-state index is 0.0211. The van der Waals surface area contributed by atoms with E-state index >= 15 is 0 Å². The van der Waals surface area contributed by atoms with Gasteiger partial charge in [-0.25, -0.2) is 0 Å². The number of nitrogens with zero attached hydrogens (tertiary/aromatic N) is 1. The third-order valence-electron chi connectivity index (χ3n) is 2.91.